The molecule has 0 spiro atoms. The fraction of sp³-hybridized carbons (Fsp3) is 0.160. The first kappa shape index (κ1) is 18.1. The standard InChI is InChI=1S/C25H22O3/c1-18(26)28-24-10-6-7-19-15-16-25(17-23(19)24,20-8-4-3-5-9-20)21-11-13-22(27-2)14-12-21/h3-16H,17H2,1-2H3. The largest absolute Gasteiger partial charge is 0.497 e. The van der Waals surface area contributed by atoms with Crippen LogP contribution in [0.1, 0.15) is 29.2 Å². The maximum Gasteiger partial charge on any atom is 0.308 e. The summed E-state index contributed by atoms with van der Waals surface area (Å²) in [5, 5.41) is 0. The summed E-state index contributed by atoms with van der Waals surface area (Å²) >= 11 is 0. The molecule has 140 valence electrons. The monoisotopic (exact) mass is 370 g/mol. The SMILES string of the molecule is COc1ccc(C2(c3ccccc3)C=Cc3cccc(OC(C)=O)c3C2)cc1. The van der Waals surface area contributed by atoms with Gasteiger partial charge in [0.05, 0.1) is 7.11 Å². The van der Waals surface area contributed by atoms with Crippen LogP contribution in [0.3, 0.4) is 0 Å². The molecule has 0 radical (unpaired) electrons. The van der Waals surface area contributed by atoms with Crippen molar-refractivity contribution in [2.24, 2.45) is 0 Å². The highest BCUT2D eigenvalue weighted by molar-refractivity contribution is 5.73. The zero-order chi connectivity index (χ0) is 19.6. The van der Waals surface area contributed by atoms with Crippen LogP contribution in [0.15, 0.2) is 78.9 Å². The van der Waals surface area contributed by atoms with Crippen molar-refractivity contribution < 1.29 is 14.3 Å². The highest BCUT2D eigenvalue weighted by Gasteiger charge is 2.36. The molecule has 0 saturated heterocycles. The average molecular weight is 370 g/mol. The van der Waals surface area contributed by atoms with Crippen LogP contribution in [0.4, 0.5) is 0 Å². The molecule has 1 aliphatic rings. The van der Waals surface area contributed by atoms with Gasteiger partial charge in [0.25, 0.3) is 0 Å². The summed E-state index contributed by atoms with van der Waals surface area (Å²) in [6.45, 7) is 1.44. The predicted octanol–water partition coefficient (Wildman–Crippen LogP) is 5.18. The third-order valence-electron chi connectivity index (χ3n) is 5.32. The van der Waals surface area contributed by atoms with E-state index in [1.807, 2.05) is 30.3 Å². The van der Waals surface area contributed by atoms with Crippen LogP contribution in [-0.2, 0) is 16.6 Å². The Hall–Kier alpha value is -3.33. The van der Waals surface area contributed by atoms with Gasteiger partial charge < -0.3 is 9.47 Å². The Morgan fingerprint density at radius 3 is 2.29 bits per heavy atom. The van der Waals surface area contributed by atoms with Crippen molar-refractivity contribution in [2.75, 3.05) is 7.11 Å². The van der Waals surface area contributed by atoms with Crippen LogP contribution in [0, 0.1) is 0 Å². The number of fused-ring (bicyclic) bond motifs is 1. The van der Waals surface area contributed by atoms with Crippen LogP contribution in [0.5, 0.6) is 11.5 Å². The lowest BCUT2D eigenvalue weighted by molar-refractivity contribution is -0.131. The van der Waals surface area contributed by atoms with Gasteiger partial charge in [-0.3, -0.25) is 4.79 Å². The van der Waals surface area contributed by atoms with Crippen molar-refractivity contribution in [3.05, 3.63) is 101 Å². The second-order valence-corrected chi connectivity index (χ2v) is 6.99. The Labute approximate surface area is 165 Å². The smallest absolute Gasteiger partial charge is 0.308 e. The van der Waals surface area contributed by atoms with E-state index in [4.69, 9.17) is 9.47 Å². The Morgan fingerprint density at radius 2 is 1.61 bits per heavy atom. The fourth-order valence-corrected chi connectivity index (χ4v) is 3.94. The lowest BCUT2D eigenvalue weighted by Crippen LogP contribution is -2.30. The molecule has 1 aliphatic carbocycles. The number of hydrogen-bond acceptors (Lipinski definition) is 3. The molecule has 3 aromatic carbocycles. The van der Waals surface area contributed by atoms with E-state index in [2.05, 4.69) is 54.6 Å². The molecule has 0 saturated carbocycles. The van der Waals surface area contributed by atoms with E-state index < -0.39 is 0 Å². The van der Waals surface area contributed by atoms with Crippen LogP contribution in [0.25, 0.3) is 6.08 Å². The van der Waals surface area contributed by atoms with E-state index in [1.54, 1.807) is 7.11 Å². The van der Waals surface area contributed by atoms with Crippen molar-refractivity contribution in [2.45, 2.75) is 18.8 Å². The van der Waals surface area contributed by atoms with Gasteiger partial charge in [-0.25, -0.2) is 0 Å². The molecule has 0 aromatic heterocycles. The van der Waals surface area contributed by atoms with Crippen LogP contribution in [0.2, 0.25) is 0 Å². The van der Waals surface area contributed by atoms with Gasteiger partial charge in [0.1, 0.15) is 11.5 Å². The summed E-state index contributed by atoms with van der Waals surface area (Å²) in [6, 6.07) is 24.5. The molecule has 0 bridgehead atoms. The van der Waals surface area contributed by atoms with Gasteiger partial charge in [-0.15, -0.1) is 0 Å². The maximum absolute atomic E-state index is 11.6. The highest BCUT2D eigenvalue weighted by atomic mass is 16.5. The minimum Gasteiger partial charge on any atom is -0.497 e. The van der Waals surface area contributed by atoms with Gasteiger partial charge >= 0.3 is 5.97 Å². The summed E-state index contributed by atoms with van der Waals surface area (Å²) in [5.41, 5.74) is 4.13. The van der Waals surface area contributed by atoms with Crippen LogP contribution in [-0.4, -0.2) is 13.1 Å². The molecule has 1 unspecified atom stereocenters. The fourth-order valence-electron chi connectivity index (χ4n) is 3.94. The molecule has 3 aromatic rings. The van der Waals surface area contributed by atoms with Crippen LogP contribution < -0.4 is 9.47 Å². The predicted molar refractivity (Wildman–Crippen MR) is 111 cm³/mol. The molecule has 0 amide bonds. The Bertz CT molecular complexity index is 1020. The minimum absolute atomic E-state index is 0.308. The second kappa shape index (κ2) is 7.35. The number of benzene rings is 3. The molecule has 3 nitrogen and oxygen atoms in total. The number of rotatable bonds is 4. The van der Waals surface area contributed by atoms with E-state index in [0.29, 0.717) is 12.2 Å². The normalized spacial score (nSPS) is 17.6. The molecule has 0 fully saturated rings. The molecular weight excluding hydrogens is 348 g/mol. The third-order valence-corrected chi connectivity index (χ3v) is 5.32. The van der Waals surface area contributed by atoms with Gasteiger partial charge in [-0.1, -0.05) is 66.7 Å². The first-order valence-electron chi connectivity index (χ1n) is 9.32. The van der Waals surface area contributed by atoms with Crippen molar-refractivity contribution in [1.29, 1.82) is 0 Å². The van der Waals surface area contributed by atoms with E-state index in [-0.39, 0.29) is 11.4 Å². The summed E-state index contributed by atoms with van der Waals surface area (Å²) in [4.78, 5) is 11.6. The molecule has 3 heteroatoms. The summed E-state index contributed by atoms with van der Waals surface area (Å²) in [7, 11) is 1.67. The number of ether oxygens (including phenoxy) is 2. The number of hydrogen-bond donors (Lipinski definition) is 0. The van der Waals surface area contributed by atoms with Gasteiger partial charge in [-0.2, -0.15) is 0 Å². The third kappa shape index (κ3) is 3.20. The topological polar surface area (TPSA) is 35.5 Å². The van der Waals surface area contributed by atoms with Gasteiger partial charge in [0.2, 0.25) is 0 Å². The number of carbonyl (C=O) groups is 1. The molecular formula is C25H22O3. The highest BCUT2D eigenvalue weighted by Crippen LogP contribution is 2.44. The number of methoxy groups -OCH3 is 1. The summed E-state index contributed by atoms with van der Waals surface area (Å²) < 4.78 is 10.9. The molecule has 28 heavy (non-hydrogen) atoms. The van der Waals surface area contributed by atoms with Gasteiger partial charge in [0, 0.05) is 17.9 Å². The Balaban J connectivity index is 1.88. The first-order valence-corrected chi connectivity index (χ1v) is 9.32. The lowest BCUT2D eigenvalue weighted by atomic mass is 9.67. The van der Waals surface area contributed by atoms with E-state index in [0.717, 1.165) is 16.9 Å². The van der Waals surface area contributed by atoms with E-state index >= 15 is 0 Å². The zero-order valence-electron chi connectivity index (χ0n) is 16.0. The van der Waals surface area contributed by atoms with Crippen molar-refractivity contribution in [3.8, 4) is 11.5 Å². The number of esters is 1. The number of allylic oxidation sites excluding steroid dienone is 1. The van der Waals surface area contributed by atoms with Gasteiger partial charge in [0.15, 0.2) is 0 Å². The molecule has 0 aliphatic heterocycles. The average Bonchev–Trinajstić information content (AvgIpc) is 2.74. The molecule has 0 N–H and O–H groups in total. The molecule has 1 atom stereocenters. The van der Waals surface area contributed by atoms with Crippen molar-refractivity contribution in [3.63, 3.8) is 0 Å². The summed E-state index contributed by atoms with van der Waals surface area (Å²) in [5.74, 6) is 1.15. The quantitative estimate of drug-likeness (QED) is 0.469. The van der Waals surface area contributed by atoms with Crippen LogP contribution >= 0.6 is 0 Å². The first-order chi connectivity index (χ1) is 13.6. The minimum atomic E-state index is -0.350. The number of carbonyl (C=O) groups excluding carboxylic acids is 1. The maximum atomic E-state index is 11.6. The molecule has 4 rings (SSSR count). The van der Waals surface area contributed by atoms with Crippen molar-refractivity contribution >= 4 is 12.0 Å². The van der Waals surface area contributed by atoms with Gasteiger partial charge in [-0.05, 0) is 41.3 Å². The second-order valence-electron chi connectivity index (χ2n) is 6.99. The zero-order valence-corrected chi connectivity index (χ0v) is 16.0. The summed E-state index contributed by atoms with van der Waals surface area (Å²) in [6.07, 6.45) is 5.09. The molecule has 0 heterocycles. The van der Waals surface area contributed by atoms with Crippen molar-refractivity contribution in [1.82, 2.24) is 0 Å². The van der Waals surface area contributed by atoms with E-state index in [1.165, 1.54) is 18.1 Å². The lowest BCUT2D eigenvalue weighted by Gasteiger charge is -2.36. The van der Waals surface area contributed by atoms with E-state index in [9.17, 15) is 4.79 Å². The Morgan fingerprint density at radius 1 is 0.893 bits per heavy atom. The Kier molecular flexibility index (Phi) is 4.74.